The van der Waals surface area contributed by atoms with Crippen LogP contribution in [0.2, 0.25) is 0 Å². The second-order valence-electron chi connectivity index (χ2n) is 9.91. The van der Waals surface area contributed by atoms with E-state index in [4.69, 9.17) is 24.4 Å². The molecule has 2 aliphatic heterocycles. The third-order valence-corrected chi connectivity index (χ3v) is 7.64. The molecule has 2 aromatic heterocycles. The van der Waals surface area contributed by atoms with Crippen molar-refractivity contribution in [1.82, 2.24) is 20.3 Å². The van der Waals surface area contributed by atoms with Crippen LogP contribution in [0.4, 0.5) is 16.2 Å². The molecule has 1 aromatic carbocycles. The number of carbonyl (C=O) groups excluding carboxylic acids is 1. The first-order valence-corrected chi connectivity index (χ1v) is 13.0. The summed E-state index contributed by atoms with van der Waals surface area (Å²) < 4.78 is 26.0. The van der Waals surface area contributed by atoms with Crippen LogP contribution in [0.3, 0.4) is 0 Å². The van der Waals surface area contributed by atoms with Gasteiger partial charge in [-0.05, 0) is 56.5 Å². The van der Waals surface area contributed by atoms with Gasteiger partial charge in [0.05, 0.1) is 54.7 Å². The van der Waals surface area contributed by atoms with Gasteiger partial charge >= 0.3 is 0 Å². The summed E-state index contributed by atoms with van der Waals surface area (Å²) in [5.74, 6) is 0.458. The minimum Gasteiger partial charge on any atom is -0.377 e. The van der Waals surface area contributed by atoms with Crippen molar-refractivity contribution >= 4 is 28.7 Å². The lowest BCUT2D eigenvalue weighted by Crippen LogP contribution is -2.49. The van der Waals surface area contributed by atoms with Gasteiger partial charge in [0, 0.05) is 25.7 Å². The first-order valence-electron chi connectivity index (χ1n) is 13.0. The van der Waals surface area contributed by atoms with Crippen LogP contribution in [0.25, 0.3) is 22.3 Å². The summed E-state index contributed by atoms with van der Waals surface area (Å²) in [5, 5.41) is 3.34. The number of morpholine rings is 2. The first kappa shape index (κ1) is 24.0. The number of halogens is 1. The van der Waals surface area contributed by atoms with E-state index in [1.807, 2.05) is 12.1 Å². The van der Waals surface area contributed by atoms with Crippen LogP contribution < -0.4 is 15.1 Å². The maximum Gasteiger partial charge on any atom is 0.254 e. The Hall–Kier alpha value is -3.37. The van der Waals surface area contributed by atoms with Crippen LogP contribution in [-0.2, 0) is 9.47 Å². The average Bonchev–Trinajstić information content (AvgIpc) is 3.41. The Bertz CT molecular complexity index is 1340. The number of hydrogen-bond donors (Lipinski definition) is 1. The van der Waals surface area contributed by atoms with Gasteiger partial charge in [-0.25, -0.2) is 9.37 Å². The monoisotopic (exact) mass is 506 g/mol. The van der Waals surface area contributed by atoms with E-state index in [0.717, 1.165) is 43.6 Å². The van der Waals surface area contributed by atoms with Gasteiger partial charge in [-0.1, -0.05) is 0 Å². The quantitative estimate of drug-likeness (QED) is 0.577. The average molecular weight is 507 g/mol. The van der Waals surface area contributed by atoms with Crippen molar-refractivity contribution in [1.29, 1.82) is 0 Å². The SMILES string of the molecule is CNC(=O)c1cc(-c2ccc3c(N4CCOC[C@@H]4C)nc(N4CCO[C@@H]5CCC[C@@H]54)nc3n2)ccc1F. The Balaban J connectivity index is 1.48. The summed E-state index contributed by atoms with van der Waals surface area (Å²) >= 11 is 0. The molecule has 1 amide bonds. The minimum absolute atomic E-state index is 0.0197. The number of fused-ring (bicyclic) bond motifs is 2. The van der Waals surface area contributed by atoms with Gasteiger partial charge in [0.1, 0.15) is 11.6 Å². The molecule has 0 radical (unpaired) electrons. The number of benzene rings is 1. The first-order chi connectivity index (χ1) is 18.0. The Morgan fingerprint density at radius 1 is 1.08 bits per heavy atom. The highest BCUT2D eigenvalue weighted by Gasteiger charge is 2.38. The summed E-state index contributed by atoms with van der Waals surface area (Å²) in [6, 6.07) is 8.73. The maximum atomic E-state index is 14.3. The molecule has 0 bridgehead atoms. The molecule has 9 nitrogen and oxygen atoms in total. The lowest BCUT2D eigenvalue weighted by molar-refractivity contribution is 0.0250. The van der Waals surface area contributed by atoms with E-state index in [2.05, 4.69) is 22.0 Å². The van der Waals surface area contributed by atoms with E-state index in [1.54, 1.807) is 6.07 Å². The number of amides is 1. The second kappa shape index (κ2) is 9.83. The summed E-state index contributed by atoms with van der Waals surface area (Å²) in [7, 11) is 1.48. The van der Waals surface area contributed by atoms with Crippen LogP contribution in [0.5, 0.6) is 0 Å². The molecule has 37 heavy (non-hydrogen) atoms. The van der Waals surface area contributed by atoms with Crippen molar-refractivity contribution < 1.29 is 18.7 Å². The van der Waals surface area contributed by atoms with Gasteiger partial charge in [-0.2, -0.15) is 9.97 Å². The molecule has 10 heteroatoms. The summed E-state index contributed by atoms with van der Waals surface area (Å²) in [5.41, 5.74) is 1.81. The van der Waals surface area contributed by atoms with E-state index in [9.17, 15) is 9.18 Å². The van der Waals surface area contributed by atoms with Crippen LogP contribution in [0.15, 0.2) is 30.3 Å². The van der Waals surface area contributed by atoms with Gasteiger partial charge in [0.15, 0.2) is 5.65 Å². The number of ether oxygens (including phenoxy) is 2. The zero-order valence-corrected chi connectivity index (χ0v) is 21.1. The van der Waals surface area contributed by atoms with Crippen LogP contribution in [0.1, 0.15) is 36.5 Å². The number of anilines is 2. The summed E-state index contributed by atoms with van der Waals surface area (Å²) in [6.07, 6.45) is 3.46. The minimum atomic E-state index is -0.574. The van der Waals surface area contributed by atoms with Gasteiger partial charge in [-0.3, -0.25) is 4.79 Å². The third kappa shape index (κ3) is 4.38. The third-order valence-electron chi connectivity index (χ3n) is 7.64. The molecule has 1 saturated carbocycles. The molecule has 194 valence electrons. The fourth-order valence-corrected chi connectivity index (χ4v) is 5.70. The van der Waals surface area contributed by atoms with Gasteiger partial charge in [0.2, 0.25) is 5.95 Å². The van der Waals surface area contributed by atoms with Gasteiger partial charge < -0.3 is 24.6 Å². The summed E-state index contributed by atoms with van der Waals surface area (Å²) in [4.78, 5) is 31.7. The van der Waals surface area contributed by atoms with Crippen LogP contribution >= 0.6 is 0 Å². The zero-order chi connectivity index (χ0) is 25.5. The predicted molar refractivity (Wildman–Crippen MR) is 138 cm³/mol. The van der Waals surface area contributed by atoms with Crippen molar-refractivity contribution in [2.75, 3.05) is 49.8 Å². The number of pyridine rings is 1. The highest BCUT2D eigenvalue weighted by atomic mass is 19.1. The van der Waals surface area contributed by atoms with E-state index >= 15 is 0 Å². The molecule has 3 atom stereocenters. The van der Waals surface area contributed by atoms with Crippen molar-refractivity contribution in [3.8, 4) is 11.3 Å². The van der Waals surface area contributed by atoms with Crippen molar-refractivity contribution in [2.24, 2.45) is 0 Å². The maximum absolute atomic E-state index is 14.3. The lowest BCUT2D eigenvalue weighted by atomic mass is 10.1. The molecule has 1 N–H and O–H groups in total. The largest absolute Gasteiger partial charge is 0.377 e. The standard InChI is InChI=1S/C27H31FN6O3/c1-16-15-36-12-10-33(16)25-18-7-9-21(17-6-8-20(28)19(14-17)26(35)29-2)30-24(18)31-27(32-25)34-11-13-37-23-5-3-4-22(23)34/h6-9,14,16,22-23H,3-5,10-13,15H2,1-2H3,(H,29,35)/t16-,22-,23+/m0/s1. The van der Waals surface area contributed by atoms with Crippen molar-refractivity contribution in [2.45, 2.75) is 44.4 Å². The highest BCUT2D eigenvalue weighted by Crippen LogP contribution is 2.35. The predicted octanol–water partition coefficient (Wildman–Crippen LogP) is 3.17. The van der Waals surface area contributed by atoms with E-state index in [0.29, 0.717) is 42.7 Å². The molecule has 2 saturated heterocycles. The molecular weight excluding hydrogens is 475 g/mol. The van der Waals surface area contributed by atoms with E-state index in [-0.39, 0.29) is 23.8 Å². The smallest absolute Gasteiger partial charge is 0.254 e. The Kier molecular flexibility index (Phi) is 6.37. The highest BCUT2D eigenvalue weighted by molar-refractivity contribution is 5.96. The van der Waals surface area contributed by atoms with Gasteiger partial charge in [0.25, 0.3) is 5.91 Å². The Labute approximate surface area is 215 Å². The number of nitrogens with zero attached hydrogens (tertiary/aromatic N) is 5. The molecule has 3 fully saturated rings. The number of rotatable bonds is 4. The van der Waals surface area contributed by atoms with Gasteiger partial charge in [-0.15, -0.1) is 0 Å². The Morgan fingerprint density at radius 2 is 1.95 bits per heavy atom. The van der Waals surface area contributed by atoms with Crippen LogP contribution in [-0.4, -0.2) is 79.0 Å². The van der Waals surface area contributed by atoms with Crippen molar-refractivity contribution in [3.63, 3.8) is 0 Å². The van der Waals surface area contributed by atoms with Crippen LogP contribution in [0, 0.1) is 5.82 Å². The number of nitrogens with one attached hydrogen (secondary N) is 1. The summed E-state index contributed by atoms with van der Waals surface area (Å²) in [6.45, 7) is 5.52. The Morgan fingerprint density at radius 3 is 2.78 bits per heavy atom. The lowest BCUT2D eigenvalue weighted by Gasteiger charge is -2.39. The second-order valence-corrected chi connectivity index (χ2v) is 9.91. The molecular formula is C27H31FN6O3. The number of aromatic nitrogens is 3. The molecule has 0 spiro atoms. The zero-order valence-electron chi connectivity index (χ0n) is 21.1. The fraction of sp³-hybridized carbons (Fsp3) is 0.481. The molecule has 0 unspecified atom stereocenters. The number of carbonyl (C=O) groups is 1. The van der Waals surface area contributed by atoms with E-state index in [1.165, 1.54) is 19.2 Å². The fourth-order valence-electron chi connectivity index (χ4n) is 5.70. The molecule has 3 aromatic rings. The topological polar surface area (TPSA) is 92.7 Å². The molecule has 4 heterocycles. The normalized spacial score (nSPS) is 23.8. The van der Waals surface area contributed by atoms with E-state index < -0.39 is 11.7 Å². The number of hydrogen-bond acceptors (Lipinski definition) is 8. The molecule has 1 aliphatic carbocycles. The molecule has 6 rings (SSSR count). The van der Waals surface area contributed by atoms with Crippen molar-refractivity contribution in [3.05, 3.63) is 41.7 Å². The molecule has 3 aliphatic rings.